The van der Waals surface area contributed by atoms with Crippen molar-refractivity contribution >= 4 is 11.6 Å². The molecular formula is C27H28F3N3O2. The van der Waals surface area contributed by atoms with E-state index in [-0.39, 0.29) is 24.5 Å². The lowest BCUT2D eigenvalue weighted by Gasteiger charge is -2.28. The summed E-state index contributed by atoms with van der Waals surface area (Å²) in [5, 5.41) is 6.16. The van der Waals surface area contributed by atoms with Crippen LogP contribution < -0.4 is 10.6 Å². The molecule has 35 heavy (non-hydrogen) atoms. The first kappa shape index (κ1) is 24.9. The highest BCUT2D eigenvalue weighted by Crippen LogP contribution is 2.30. The molecular weight excluding hydrogens is 455 g/mol. The number of hydrogen-bond acceptors (Lipinski definition) is 4. The first-order valence-electron chi connectivity index (χ1n) is 11.7. The number of nitrogens with one attached hydrogen (secondary N) is 2. The van der Waals surface area contributed by atoms with Crippen LogP contribution in [0.15, 0.2) is 60.9 Å². The van der Waals surface area contributed by atoms with Gasteiger partial charge in [-0.25, -0.2) is 13.2 Å². The maximum Gasteiger partial charge on any atom is 0.225 e. The normalized spacial score (nSPS) is 18.7. The number of benzene rings is 2. The van der Waals surface area contributed by atoms with E-state index in [1.54, 1.807) is 24.3 Å². The monoisotopic (exact) mass is 483 g/mol. The van der Waals surface area contributed by atoms with Crippen molar-refractivity contribution < 1.29 is 22.7 Å². The van der Waals surface area contributed by atoms with E-state index in [1.165, 1.54) is 30.5 Å². The predicted octanol–water partition coefficient (Wildman–Crippen LogP) is 4.97. The van der Waals surface area contributed by atoms with Gasteiger partial charge in [0.1, 0.15) is 17.5 Å². The summed E-state index contributed by atoms with van der Waals surface area (Å²) in [7, 11) is 0. The Balaban J connectivity index is 1.49. The summed E-state index contributed by atoms with van der Waals surface area (Å²) in [6, 6.07) is 11.9. The topological polar surface area (TPSA) is 63.2 Å². The number of hydrogen-bond donors (Lipinski definition) is 2. The summed E-state index contributed by atoms with van der Waals surface area (Å²) in [4.78, 5) is 17.0. The van der Waals surface area contributed by atoms with Crippen LogP contribution in [0.2, 0.25) is 0 Å². The molecule has 0 saturated carbocycles. The molecule has 0 radical (unpaired) electrons. The zero-order valence-corrected chi connectivity index (χ0v) is 19.4. The van der Waals surface area contributed by atoms with Crippen molar-refractivity contribution in [2.45, 2.75) is 44.2 Å². The molecule has 0 unspecified atom stereocenters. The predicted molar refractivity (Wildman–Crippen MR) is 128 cm³/mol. The van der Waals surface area contributed by atoms with Crippen LogP contribution in [0.4, 0.5) is 18.9 Å². The molecule has 0 spiro atoms. The van der Waals surface area contributed by atoms with E-state index in [0.29, 0.717) is 48.4 Å². The fraction of sp³-hybridized carbons (Fsp3) is 0.333. The molecule has 4 rings (SSSR count). The average Bonchev–Trinajstić information content (AvgIpc) is 2.84. The molecule has 3 atom stereocenters. The van der Waals surface area contributed by atoms with Gasteiger partial charge in [0.2, 0.25) is 5.91 Å². The van der Waals surface area contributed by atoms with Crippen LogP contribution >= 0.6 is 0 Å². The van der Waals surface area contributed by atoms with Crippen LogP contribution in [0, 0.1) is 17.5 Å². The average molecular weight is 484 g/mol. The second kappa shape index (κ2) is 11.5. The van der Waals surface area contributed by atoms with Gasteiger partial charge in [0.25, 0.3) is 0 Å². The molecule has 1 amide bonds. The molecule has 0 aliphatic carbocycles. The van der Waals surface area contributed by atoms with E-state index in [1.807, 2.05) is 6.92 Å². The largest absolute Gasteiger partial charge is 0.375 e. The third-order valence-electron chi connectivity index (χ3n) is 6.18. The van der Waals surface area contributed by atoms with Gasteiger partial charge < -0.3 is 15.4 Å². The summed E-state index contributed by atoms with van der Waals surface area (Å²) in [5.74, 6) is -2.27. The minimum Gasteiger partial charge on any atom is -0.375 e. The summed E-state index contributed by atoms with van der Waals surface area (Å²) in [6.45, 7) is 3.34. The molecule has 0 bridgehead atoms. The minimum atomic E-state index is -0.556. The lowest BCUT2D eigenvalue weighted by atomic mass is 9.89. The smallest absolute Gasteiger partial charge is 0.225 e. The van der Waals surface area contributed by atoms with Gasteiger partial charge in [0.05, 0.1) is 18.9 Å². The third-order valence-corrected chi connectivity index (χ3v) is 6.18. The van der Waals surface area contributed by atoms with Crippen molar-refractivity contribution in [2.24, 2.45) is 0 Å². The molecule has 1 aliphatic heterocycles. The molecule has 1 fully saturated rings. The summed E-state index contributed by atoms with van der Waals surface area (Å²) in [5.41, 5.74) is 1.93. The molecule has 8 heteroatoms. The van der Waals surface area contributed by atoms with Crippen molar-refractivity contribution in [1.29, 1.82) is 0 Å². The fourth-order valence-corrected chi connectivity index (χ4v) is 4.28. The van der Waals surface area contributed by atoms with Gasteiger partial charge in [-0.2, -0.15) is 0 Å². The first-order valence-corrected chi connectivity index (χ1v) is 11.7. The molecule has 1 aromatic heterocycles. The van der Waals surface area contributed by atoms with Crippen LogP contribution in [0.1, 0.15) is 42.4 Å². The van der Waals surface area contributed by atoms with E-state index >= 15 is 0 Å². The Bertz CT molecular complexity index is 1150. The molecule has 5 nitrogen and oxygen atoms in total. The number of morpholine rings is 1. The number of anilines is 1. The SMILES string of the molecule is C[C@H]1CO[C@H](CCc2c(F)cccc2NC(=O)C[C@H](c2ccc(F)cc2)c2cncc(F)c2)CN1. The zero-order chi connectivity index (χ0) is 24.8. The van der Waals surface area contributed by atoms with Crippen LogP contribution in [0.25, 0.3) is 0 Å². The highest BCUT2D eigenvalue weighted by molar-refractivity contribution is 5.92. The molecule has 1 saturated heterocycles. The number of carbonyl (C=O) groups is 1. The Hall–Kier alpha value is -3.23. The van der Waals surface area contributed by atoms with Crippen molar-refractivity contribution in [3.63, 3.8) is 0 Å². The quantitative estimate of drug-likeness (QED) is 0.475. The molecule has 2 aromatic carbocycles. The molecule has 2 heterocycles. The van der Waals surface area contributed by atoms with Gasteiger partial charge in [-0.15, -0.1) is 0 Å². The molecule has 2 N–H and O–H groups in total. The van der Waals surface area contributed by atoms with Crippen LogP contribution in [-0.2, 0) is 16.0 Å². The van der Waals surface area contributed by atoms with Gasteiger partial charge in [-0.05, 0) is 61.2 Å². The van der Waals surface area contributed by atoms with E-state index in [9.17, 15) is 18.0 Å². The van der Waals surface area contributed by atoms with Crippen molar-refractivity contribution in [2.75, 3.05) is 18.5 Å². The Morgan fingerprint density at radius 1 is 1.11 bits per heavy atom. The van der Waals surface area contributed by atoms with E-state index in [4.69, 9.17) is 4.74 Å². The van der Waals surface area contributed by atoms with Crippen LogP contribution in [-0.4, -0.2) is 36.2 Å². The van der Waals surface area contributed by atoms with Gasteiger partial charge in [0, 0.05) is 42.4 Å². The standard InChI is InChI=1S/C27H28F3N3O2/c1-17-16-35-22(15-32-17)9-10-23-25(30)3-2-4-26(23)33-27(34)12-24(18-5-7-20(28)8-6-18)19-11-21(29)14-31-13-19/h2-8,11,13-14,17,22,24,32H,9-10,12,15-16H2,1H3,(H,33,34)/t17-,22+,24+/m0/s1. The highest BCUT2D eigenvalue weighted by atomic mass is 19.1. The first-order chi connectivity index (χ1) is 16.9. The fourth-order valence-electron chi connectivity index (χ4n) is 4.28. The van der Waals surface area contributed by atoms with Crippen LogP contribution in [0.5, 0.6) is 0 Å². The van der Waals surface area contributed by atoms with Crippen molar-refractivity contribution in [3.8, 4) is 0 Å². The second-order valence-corrected chi connectivity index (χ2v) is 8.86. The van der Waals surface area contributed by atoms with Gasteiger partial charge >= 0.3 is 0 Å². The summed E-state index contributed by atoms with van der Waals surface area (Å²) >= 11 is 0. The van der Waals surface area contributed by atoms with Crippen molar-refractivity contribution in [3.05, 3.63) is 95.1 Å². The van der Waals surface area contributed by atoms with E-state index in [2.05, 4.69) is 15.6 Å². The Labute approximate surface area is 202 Å². The Morgan fingerprint density at radius 2 is 1.91 bits per heavy atom. The number of pyridine rings is 1. The van der Waals surface area contributed by atoms with E-state index in [0.717, 1.165) is 6.20 Å². The second-order valence-electron chi connectivity index (χ2n) is 8.86. The number of amides is 1. The zero-order valence-electron chi connectivity index (χ0n) is 19.4. The van der Waals surface area contributed by atoms with Crippen LogP contribution in [0.3, 0.4) is 0 Å². The van der Waals surface area contributed by atoms with Crippen molar-refractivity contribution in [1.82, 2.24) is 10.3 Å². The maximum atomic E-state index is 14.7. The number of halogens is 3. The maximum absolute atomic E-state index is 14.7. The van der Waals surface area contributed by atoms with Gasteiger partial charge in [0.15, 0.2) is 0 Å². The number of nitrogens with zero attached hydrogens (tertiary/aromatic N) is 1. The Morgan fingerprint density at radius 3 is 2.63 bits per heavy atom. The molecule has 184 valence electrons. The number of aromatic nitrogens is 1. The number of rotatable bonds is 8. The Kier molecular flexibility index (Phi) is 8.15. The number of ether oxygens (including phenoxy) is 1. The highest BCUT2D eigenvalue weighted by Gasteiger charge is 2.22. The number of carbonyl (C=O) groups excluding carboxylic acids is 1. The van der Waals surface area contributed by atoms with Gasteiger partial charge in [-0.3, -0.25) is 9.78 Å². The summed E-state index contributed by atoms with van der Waals surface area (Å²) < 4.78 is 47.8. The molecule has 1 aliphatic rings. The van der Waals surface area contributed by atoms with E-state index < -0.39 is 23.4 Å². The lowest BCUT2D eigenvalue weighted by molar-refractivity contribution is -0.116. The summed E-state index contributed by atoms with van der Waals surface area (Å²) in [6.07, 6.45) is 3.49. The molecule has 3 aromatic rings. The minimum absolute atomic E-state index is 0.0299. The third kappa shape index (κ3) is 6.68. The van der Waals surface area contributed by atoms with Gasteiger partial charge in [-0.1, -0.05) is 18.2 Å². The lowest BCUT2D eigenvalue weighted by Crippen LogP contribution is -2.44.